The molecule has 0 bridgehead atoms. The van der Waals surface area contributed by atoms with E-state index < -0.39 is 5.97 Å². The van der Waals surface area contributed by atoms with E-state index in [0.29, 0.717) is 13.0 Å². The maximum Gasteiger partial charge on any atom is 0.303 e. The molecule has 3 nitrogen and oxygen atoms in total. The van der Waals surface area contributed by atoms with Crippen molar-refractivity contribution in [2.75, 3.05) is 6.61 Å². The van der Waals surface area contributed by atoms with E-state index >= 15 is 0 Å². The molecule has 1 aromatic carbocycles. The Morgan fingerprint density at radius 1 is 1.29 bits per heavy atom. The minimum absolute atomic E-state index is 0.148. The summed E-state index contributed by atoms with van der Waals surface area (Å²) in [6, 6.07) is 7.66. The molecule has 0 radical (unpaired) electrons. The van der Waals surface area contributed by atoms with Crippen LogP contribution in [0.5, 0.6) is 5.75 Å². The fourth-order valence-electron chi connectivity index (χ4n) is 1.63. The number of hydrogen-bond acceptors (Lipinski definition) is 2. The van der Waals surface area contributed by atoms with Crippen LogP contribution in [0, 0.1) is 0 Å². The molecule has 94 valence electrons. The van der Waals surface area contributed by atoms with Crippen molar-refractivity contribution in [2.45, 2.75) is 39.0 Å². The molecule has 0 aliphatic carbocycles. The van der Waals surface area contributed by atoms with Crippen LogP contribution >= 0.6 is 0 Å². The van der Waals surface area contributed by atoms with Crippen LogP contribution < -0.4 is 4.74 Å². The molecule has 0 aliphatic heterocycles. The normalized spacial score (nSPS) is 10.2. The minimum atomic E-state index is -0.772. The molecule has 17 heavy (non-hydrogen) atoms. The highest BCUT2D eigenvalue weighted by atomic mass is 16.5. The first-order chi connectivity index (χ1) is 8.24. The van der Waals surface area contributed by atoms with E-state index in [4.69, 9.17) is 9.84 Å². The van der Waals surface area contributed by atoms with Gasteiger partial charge < -0.3 is 9.84 Å². The second kappa shape index (κ2) is 7.71. The Balaban J connectivity index is 2.48. The molecule has 0 unspecified atom stereocenters. The highest BCUT2D eigenvalue weighted by Crippen LogP contribution is 2.19. The number of hydrogen-bond donors (Lipinski definition) is 1. The molecule has 1 N–H and O–H groups in total. The number of ether oxygens (including phenoxy) is 1. The predicted molar refractivity (Wildman–Crippen MR) is 67.4 cm³/mol. The SMILES string of the molecule is CCCCCOc1ccccc1CCC(=O)O. The van der Waals surface area contributed by atoms with Crippen molar-refractivity contribution in [3.05, 3.63) is 29.8 Å². The lowest BCUT2D eigenvalue weighted by Gasteiger charge is -2.10. The molecule has 0 heterocycles. The molecule has 0 atom stereocenters. The number of aliphatic carboxylic acids is 1. The molecule has 0 spiro atoms. The maximum absolute atomic E-state index is 10.5. The van der Waals surface area contributed by atoms with Crippen molar-refractivity contribution < 1.29 is 14.6 Å². The van der Waals surface area contributed by atoms with Crippen molar-refractivity contribution in [2.24, 2.45) is 0 Å². The molecule has 1 aromatic rings. The summed E-state index contributed by atoms with van der Waals surface area (Å²) in [5.74, 6) is 0.0515. The van der Waals surface area contributed by atoms with Crippen LogP contribution in [-0.4, -0.2) is 17.7 Å². The Morgan fingerprint density at radius 2 is 2.06 bits per heavy atom. The van der Waals surface area contributed by atoms with Crippen LogP contribution in [-0.2, 0) is 11.2 Å². The van der Waals surface area contributed by atoms with E-state index in [9.17, 15) is 4.79 Å². The second-order valence-electron chi connectivity index (χ2n) is 4.06. The molecular weight excluding hydrogens is 216 g/mol. The van der Waals surface area contributed by atoms with Gasteiger partial charge in [-0.05, 0) is 24.5 Å². The highest BCUT2D eigenvalue weighted by Gasteiger charge is 2.05. The first-order valence-electron chi connectivity index (χ1n) is 6.16. The van der Waals surface area contributed by atoms with Gasteiger partial charge in [0, 0.05) is 6.42 Å². The number of unbranched alkanes of at least 4 members (excludes halogenated alkanes) is 2. The quantitative estimate of drug-likeness (QED) is 0.705. The van der Waals surface area contributed by atoms with Crippen LogP contribution in [0.2, 0.25) is 0 Å². The number of para-hydroxylation sites is 1. The minimum Gasteiger partial charge on any atom is -0.493 e. The number of aryl methyl sites for hydroxylation is 1. The Hall–Kier alpha value is -1.51. The molecule has 0 saturated heterocycles. The molecule has 0 amide bonds. The summed E-state index contributed by atoms with van der Waals surface area (Å²) in [5.41, 5.74) is 0.978. The lowest BCUT2D eigenvalue weighted by Crippen LogP contribution is -2.02. The van der Waals surface area contributed by atoms with E-state index in [1.807, 2.05) is 24.3 Å². The van der Waals surface area contributed by atoms with Crippen molar-refractivity contribution >= 4 is 5.97 Å². The van der Waals surface area contributed by atoms with Crippen molar-refractivity contribution in [1.29, 1.82) is 0 Å². The van der Waals surface area contributed by atoms with E-state index in [2.05, 4.69) is 6.92 Å². The molecular formula is C14H20O3. The van der Waals surface area contributed by atoms with Gasteiger partial charge in [0.05, 0.1) is 6.61 Å². The summed E-state index contributed by atoms with van der Waals surface area (Å²) in [5, 5.41) is 8.67. The summed E-state index contributed by atoms with van der Waals surface area (Å²) in [4.78, 5) is 10.5. The molecule has 0 aromatic heterocycles. The molecule has 3 heteroatoms. The summed E-state index contributed by atoms with van der Waals surface area (Å²) < 4.78 is 5.68. The zero-order valence-corrected chi connectivity index (χ0v) is 10.3. The van der Waals surface area contributed by atoms with Gasteiger partial charge >= 0.3 is 5.97 Å². The molecule has 1 rings (SSSR count). The average Bonchev–Trinajstić information content (AvgIpc) is 2.33. The van der Waals surface area contributed by atoms with Gasteiger partial charge in [-0.3, -0.25) is 4.79 Å². The Morgan fingerprint density at radius 3 is 2.76 bits per heavy atom. The van der Waals surface area contributed by atoms with Gasteiger partial charge in [-0.25, -0.2) is 0 Å². The van der Waals surface area contributed by atoms with Gasteiger partial charge in [0.25, 0.3) is 0 Å². The smallest absolute Gasteiger partial charge is 0.303 e. The number of benzene rings is 1. The summed E-state index contributed by atoms with van der Waals surface area (Å²) >= 11 is 0. The largest absolute Gasteiger partial charge is 0.493 e. The number of rotatable bonds is 8. The first-order valence-corrected chi connectivity index (χ1v) is 6.16. The van der Waals surface area contributed by atoms with Gasteiger partial charge in [-0.1, -0.05) is 38.0 Å². The van der Waals surface area contributed by atoms with Gasteiger partial charge in [-0.15, -0.1) is 0 Å². The summed E-state index contributed by atoms with van der Waals surface area (Å²) in [6.45, 7) is 2.86. The molecule has 0 aliphatic rings. The standard InChI is InChI=1S/C14H20O3/c1-2-3-6-11-17-13-8-5-4-7-12(13)9-10-14(15)16/h4-5,7-8H,2-3,6,9-11H2,1H3,(H,15,16). The third-order valence-electron chi connectivity index (χ3n) is 2.59. The Kier molecular flexibility index (Phi) is 6.15. The zero-order valence-electron chi connectivity index (χ0n) is 10.3. The van der Waals surface area contributed by atoms with Crippen molar-refractivity contribution in [3.8, 4) is 5.75 Å². The molecule has 0 saturated carbocycles. The Labute approximate surface area is 102 Å². The molecule has 0 fully saturated rings. The van der Waals surface area contributed by atoms with Crippen LogP contribution in [0.15, 0.2) is 24.3 Å². The topological polar surface area (TPSA) is 46.5 Å². The third kappa shape index (κ3) is 5.38. The van der Waals surface area contributed by atoms with E-state index in [1.54, 1.807) is 0 Å². The fraction of sp³-hybridized carbons (Fsp3) is 0.500. The van der Waals surface area contributed by atoms with Gasteiger partial charge in [0.15, 0.2) is 0 Å². The lowest BCUT2D eigenvalue weighted by atomic mass is 10.1. The van der Waals surface area contributed by atoms with Crippen LogP contribution in [0.25, 0.3) is 0 Å². The van der Waals surface area contributed by atoms with Crippen molar-refractivity contribution in [1.82, 2.24) is 0 Å². The van der Waals surface area contributed by atoms with E-state index in [0.717, 1.165) is 24.2 Å². The lowest BCUT2D eigenvalue weighted by molar-refractivity contribution is -0.136. The number of carboxylic acid groups (broad SMARTS) is 1. The van der Waals surface area contributed by atoms with Crippen LogP contribution in [0.1, 0.15) is 38.2 Å². The van der Waals surface area contributed by atoms with Gasteiger partial charge in [0.2, 0.25) is 0 Å². The predicted octanol–water partition coefficient (Wildman–Crippen LogP) is 3.27. The zero-order chi connectivity index (χ0) is 12.5. The van der Waals surface area contributed by atoms with Crippen molar-refractivity contribution in [3.63, 3.8) is 0 Å². The number of carboxylic acids is 1. The third-order valence-corrected chi connectivity index (χ3v) is 2.59. The van der Waals surface area contributed by atoms with Gasteiger partial charge in [0.1, 0.15) is 5.75 Å². The van der Waals surface area contributed by atoms with E-state index in [-0.39, 0.29) is 6.42 Å². The average molecular weight is 236 g/mol. The Bertz CT molecular complexity index is 347. The summed E-state index contributed by atoms with van der Waals surface area (Å²) in [7, 11) is 0. The monoisotopic (exact) mass is 236 g/mol. The highest BCUT2D eigenvalue weighted by molar-refractivity contribution is 5.67. The fourth-order valence-corrected chi connectivity index (χ4v) is 1.63. The van der Waals surface area contributed by atoms with Gasteiger partial charge in [-0.2, -0.15) is 0 Å². The van der Waals surface area contributed by atoms with Crippen LogP contribution in [0.3, 0.4) is 0 Å². The second-order valence-corrected chi connectivity index (χ2v) is 4.06. The maximum atomic E-state index is 10.5. The van der Waals surface area contributed by atoms with E-state index in [1.165, 1.54) is 6.42 Å². The summed E-state index contributed by atoms with van der Waals surface area (Å²) in [6.07, 6.45) is 4.06. The van der Waals surface area contributed by atoms with Crippen LogP contribution in [0.4, 0.5) is 0 Å². The first kappa shape index (κ1) is 13.6. The number of carbonyl (C=O) groups is 1.